The molecule has 2 heterocycles. The van der Waals surface area contributed by atoms with Crippen molar-refractivity contribution in [1.29, 1.82) is 0 Å². The van der Waals surface area contributed by atoms with Crippen LogP contribution in [0.1, 0.15) is 42.7 Å². The Kier molecular flexibility index (Phi) is 8.74. The molecule has 2 atom stereocenters. The number of amides is 3. The summed E-state index contributed by atoms with van der Waals surface area (Å²) in [4.78, 5) is 30.4. The summed E-state index contributed by atoms with van der Waals surface area (Å²) in [7, 11) is 1.19. The summed E-state index contributed by atoms with van der Waals surface area (Å²) in [5.74, 6) is -7.30. The lowest BCUT2D eigenvalue weighted by atomic mass is 9.86. The number of anilines is 1. The fourth-order valence-corrected chi connectivity index (χ4v) is 5.32. The fraction of sp³-hybridized carbons (Fsp3) is 0.500. The summed E-state index contributed by atoms with van der Waals surface area (Å²) in [6.07, 6.45) is -5.16. The Morgan fingerprint density at radius 3 is 2.38 bits per heavy atom. The zero-order valence-corrected chi connectivity index (χ0v) is 21.3. The van der Waals surface area contributed by atoms with Gasteiger partial charge in [-0.1, -0.05) is 0 Å². The van der Waals surface area contributed by atoms with Crippen LogP contribution < -0.4 is 20.3 Å². The van der Waals surface area contributed by atoms with Crippen LogP contribution in [0.2, 0.25) is 0 Å². The number of nitrogens with one attached hydrogen (secondary N) is 2. The van der Waals surface area contributed by atoms with E-state index < -0.39 is 84.0 Å². The molecule has 1 aliphatic heterocycles. The maximum Gasteiger partial charge on any atom is 0.419 e. The van der Waals surface area contributed by atoms with Gasteiger partial charge >= 0.3 is 12.2 Å². The second-order valence-corrected chi connectivity index (χ2v) is 9.84. The number of hydrogen-bond acceptors (Lipinski definition) is 4. The predicted molar refractivity (Wildman–Crippen MR) is 129 cm³/mol. The molecule has 1 saturated carbocycles. The molecule has 218 valence electrons. The van der Waals surface area contributed by atoms with E-state index in [-0.39, 0.29) is 24.6 Å². The number of methoxy groups -OCH3 is 1. The highest BCUT2D eigenvalue weighted by atomic mass is 19.4. The summed E-state index contributed by atoms with van der Waals surface area (Å²) >= 11 is 0. The van der Waals surface area contributed by atoms with Crippen LogP contribution in [0.4, 0.5) is 41.3 Å². The van der Waals surface area contributed by atoms with Crippen molar-refractivity contribution in [1.82, 2.24) is 15.6 Å². The number of pyridine rings is 1. The number of aromatic nitrogens is 1. The number of ether oxygens (including phenoxy) is 1. The number of carbonyl (C=O) groups is 2. The van der Waals surface area contributed by atoms with Gasteiger partial charge in [0.05, 0.1) is 18.6 Å². The summed E-state index contributed by atoms with van der Waals surface area (Å²) in [5.41, 5.74) is -1.75. The summed E-state index contributed by atoms with van der Waals surface area (Å²) < 4.78 is 102. The van der Waals surface area contributed by atoms with E-state index in [2.05, 4.69) is 15.6 Å². The Balaban J connectivity index is 1.57. The van der Waals surface area contributed by atoms with Gasteiger partial charge in [-0.15, -0.1) is 0 Å². The quantitative estimate of drug-likeness (QED) is 0.441. The Labute approximate surface area is 225 Å². The molecule has 14 heteroatoms. The highest BCUT2D eigenvalue weighted by Gasteiger charge is 2.47. The van der Waals surface area contributed by atoms with Crippen LogP contribution in [0.3, 0.4) is 0 Å². The first kappa shape index (κ1) is 29.4. The maximum atomic E-state index is 15.0. The Morgan fingerprint density at radius 1 is 1.15 bits per heavy atom. The maximum absolute atomic E-state index is 15.0. The van der Waals surface area contributed by atoms with Gasteiger partial charge in [-0.05, 0) is 37.8 Å². The summed E-state index contributed by atoms with van der Waals surface area (Å²) in [6.45, 7) is -0.998. The summed E-state index contributed by atoms with van der Waals surface area (Å²) in [6, 6.07) is 2.43. The van der Waals surface area contributed by atoms with Gasteiger partial charge < -0.3 is 15.4 Å². The van der Waals surface area contributed by atoms with Crippen LogP contribution in [-0.2, 0) is 11.0 Å². The molecule has 2 aromatic rings. The third-order valence-corrected chi connectivity index (χ3v) is 7.40. The Morgan fingerprint density at radius 2 is 1.80 bits per heavy atom. The third kappa shape index (κ3) is 6.25. The molecule has 1 aromatic heterocycles. The molecule has 1 aliphatic carbocycles. The minimum Gasteiger partial charge on any atom is -0.497 e. The van der Waals surface area contributed by atoms with Crippen molar-refractivity contribution in [2.45, 2.75) is 50.2 Å². The van der Waals surface area contributed by atoms with Gasteiger partial charge in [-0.3, -0.25) is 9.69 Å². The molecule has 0 radical (unpaired) electrons. The lowest BCUT2D eigenvalue weighted by Gasteiger charge is -2.28. The first-order valence-electron chi connectivity index (χ1n) is 12.6. The molecule has 0 spiro atoms. The summed E-state index contributed by atoms with van der Waals surface area (Å²) in [5, 5.41) is 5.09. The van der Waals surface area contributed by atoms with Crippen LogP contribution in [-0.4, -0.2) is 49.6 Å². The second kappa shape index (κ2) is 11.9. The van der Waals surface area contributed by atoms with Gasteiger partial charge in [0, 0.05) is 54.9 Å². The van der Waals surface area contributed by atoms with Gasteiger partial charge in [-0.2, -0.15) is 13.2 Å². The molecule has 2 fully saturated rings. The molecule has 1 saturated heterocycles. The predicted octanol–water partition coefficient (Wildman–Crippen LogP) is 5.26. The molecule has 2 aliphatic rings. The third-order valence-electron chi connectivity index (χ3n) is 7.40. The van der Waals surface area contributed by atoms with Crippen molar-refractivity contribution < 1.29 is 45.1 Å². The first-order chi connectivity index (χ1) is 18.9. The van der Waals surface area contributed by atoms with E-state index in [1.165, 1.54) is 7.11 Å². The smallest absolute Gasteiger partial charge is 0.419 e. The van der Waals surface area contributed by atoms with Crippen molar-refractivity contribution in [3.8, 4) is 5.75 Å². The van der Waals surface area contributed by atoms with Crippen molar-refractivity contribution in [3.05, 3.63) is 53.2 Å². The highest BCUT2D eigenvalue weighted by Crippen LogP contribution is 2.42. The molecule has 0 bridgehead atoms. The van der Waals surface area contributed by atoms with Crippen molar-refractivity contribution in [3.63, 3.8) is 0 Å². The average molecular weight is 577 g/mol. The highest BCUT2D eigenvalue weighted by molar-refractivity contribution is 5.98. The number of alkyl halides is 5. The van der Waals surface area contributed by atoms with Crippen molar-refractivity contribution >= 4 is 17.8 Å². The molecule has 4 rings (SSSR count). The Bertz CT molecular complexity index is 1210. The Hall–Kier alpha value is -3.58. The van der Waals surface area contributed by atoms with E-state index >= 15 is 8.78 Å². The number of rotatable bonds is 7. The van der Waals surface area contributed by atoms with E-state index in [1.54, 1.807) is 0 Å². The van der Waals surface area contributed by atoms with E-state index in [9.17, 15) is 31.5 Å². The number of urea groups is 1. The molecule has 1 aromatic carbocycles. The molecule has 7 nitrogen and oxygen atoms in total. The largest absolute Gasteiger partial charge is 0.497 e. The van der Waals surface area contributed by atoms with Crippen LogP contribution in [0.5, 0.6) is 5.75 Å². The van der Waals surface area contributed by atoms with Gasteiger partial charge in [-0.25, -0.2) is 27.3 Å². The van der Waals surface area contributed by atoms with Crippen LogP contribution >= 0.6 is 0 Å². The topological polar surface area (TPSA) is 83.6 Å². The molecule has 40 heavy (non-hydrogen) atoms. The first-order valence-corrected chi connectivity index (χ1v) is 12.6. The van der Waals surface area contributed by atoms with Crippen molar-refractivity contribution in [2.24, 2.45) is 11.8 Å². The van der Waals surface area contributed by atoms with Gasteiger partial charge in [0.25, 0.3) is 0 Å². The fourth-order valence-electron chi connectivity index (χ4n) is 5.32. The second-order valence-electron chi connectivity index (χ2n) is 9.84. The molecular formula is C26H27F7N4O3. The van der Waals surface area contributed by atoms with E-state index in [0.29, 0.717) is 17.7 Å². The van der Waals surface area contributed by atoms with Gasteiger partial charge in [0.15, 0.2) is 0 Å². The number of hydrogen-bond donors (Lipinski definition) is 2. The van der Waals surface area contributed by atoms with Gasteiger partial charge in [0.1, 0.15) is 23.2 Å². The van der Waals surface area contributed by atoms with Gasteiger partial charge in [0.2, 0.25) is 12.3 Å². The molecule has 1 unspecified atom stereocenters. The normalized spacial score (nSPS) is 23.4. The van der Waals surface area contributed by atoms with Crippen LogP contribution in [0, 0.1) is 23.5 Å². The van der Waals surface area contributed by atoms with Crippen LogP contribution in [0.25, 0.3) is 0 Å². The number of nitrogens with zero attached hydrogens (tertiary/aromatic N) is 2. The molecular weight excluding hydrogens is 549 g/mol. The van der Waals surface area contributed by atoms with E-state index in [0.717, 1.165) is 30.5 Å². The number of benzene rings is 1. The van der Waals surface area contributed by atoms with E-state index in [1.807, 2.05) is 0 Å². The standard InChI is InChI=1S/C26H27F7N4O3/c1-40-15-9-19(27)21(20(28)10-15)17-12-37(23-18(26(31,32)33)3-2-8-34-23)24(38)16(17)11-35-25(39)36-14-6-4-13(5-7-14)22(29)30/h2-3,8-10,13-14,16-17,22H,4-7,11-12H2,1H3,(H2,35,36,39)/t13-,14-,16?,17-/m1/s1. The lowest BCUT2D eigenvalue weighted by molar-refractivity contribution is -0.137. The molecule has 2 N–H and O–H groups in total. The minimum atomic E-state index is -4.87. The number of halogens is 7. The molecule has 3 amide bonds. The average Bonchev–Trinajstić information content (AvgIpc) is 3.22. The monoisotopic (exact) mass is 576 g/mol. The van der Waals surface area contributed by atoms with Crippen LogP contribution in [0.15, 0.2) is 30.5 Å². The lowest BCUT2D eigenvalue weighted by Crippen LogP contribution is -2.46. The van der Waals surface area contributed by atoms with Crippen molar-refractivity contribution in [2.75, 3.05) is 25.1 Å². The number of carbonyl (C=O) groups excluding carboxylic acids is 2. The van der Waals surface area contributed by atoms with E-state index in [4.69, 9.17) is 4.74 Å². The minimum absolute atomic E-state index is 0.139. The SMILES string of the molecule is COc1cc(F)c([C@@H]2CN(c3ncccc3C(F)(F)F)C(=O)C2CNC(=O)N[C@H]2CC[C@H](C(F)F)CC2)c(F)c1. The zero-order valence-electron chi connectivity index (χ0n) is 21.3. The zero-order chi connectivity index (χ0) is 29.2.